The van der Waals surface area contributed by atoms with E-state index in [-0.39, 0.29) is 11.0 Å². The van der Waals surface area contributed by atoms with Gasteiger partial charge in [-0.05, 0) is 6.92 Å². The molecule has 0 saturated carbocycles. The molecule has 0 saturated heterocycles. The summed E-state index contributed by atoms with van der Waals surface area (Å²) in [5, 5.41) is -0.0633. The normalized spacial score (nSPS) is 12.1. The van der Waals surface area contributed by atoms with Crippen molar-refractivity contribution < 1.29 is 9.53 Å². The molecule has 0 radical (unpaired) electrons. The first-order chi connectivity index (χ1) is 12.8. The summed E-state index contributed by atoms with van der Waals surface area (Å²) in [5.41, 5.74) is -0.0360. The molecule has 0 aliphatic rings. The van der Waals surface area contributed by atoms with E-state index in [0.29, 0.717) is 10.9 Å². The van der Waals surface area contributed by atoms with Crippen molar-refractivity contribution in [2.45, 2.75) is 17.2 Å². The molecule has 8 nitrogen and oxygen atoms in total. The van der Waals surface area contributed by atoms with E-state index in [4.69, 9.17) is 4.74 Å². The lowest BCUT2D eigenvalue weighted by Crippen LogP contribution is -2.37. The topological polar surface area (TPSA) is 96.1 Å². The third-order valence-electron chi connectivity index (χ3n) is 4.12. The largest absolute Gasteiger partial charge is 0.468 e. The van der Waals surface area contributed by atoms with Crippen LogP contribution in [0.2, 0.25) is 0 Å². The van der Waals surface area contributed by atoms with Crippen molar-refractivity contribution in [2.24, 2.45) is 14.1 Å². The lowest BCUT2D eigenvalue weighted by atomic mass is 10.2. The molecule has 2 heterocycles. The van der Waals surface area contributed by atoms with Gasteiger partial charge in [-0.3, -0.25) is 18.7 Å². The Hall–Kier alpha value is -2.94. The number of hydrogen-bond acceptors (Lipinski definition) is 7. The SMILES string of the molecule is COC(=O)[C@@H](C)Sc1nc(-c2ccccc2)nc2c1c(=O)n(C)c(=O)n2C. The standard InChI is InChI=1S/C18H18N4O4S/c1-10(17(24)26-4)27-15-12-14(21(2)18(25)22(3)16(12)23)19-13(20-15)11-8-6-5-7-9-11/h5-10H,1-4H3/t10-/m1/s1. The van der Waals surface area contributed by atoms with Crippen LogP contribution >= 0.6 is 11.8 Å². The molecule has 3 aromatic rings. The van der Waals surface area contributed by atoms with Crippen LogP contribution in [0.15, 0.2) is 44.9 Å². The van der Waals surface area contributed by atoms with Crippen molar-refractivity contribution >= 4 is 28.8 Å². The molecular formula is C18H18N4O4S. The highest BCUT2D eigenvalue weighted by Gasteiger charge is 2.22. The lowest BCUT2D eigenvalue weighted by Gasteiger charge is -2.14. The zero-order valence-corrected chi connectivity index (χ0v) is 16.1. The average molecular weight is 386 g/mol. The van der Waals surface area contributed by atoms with Crippen LogP contribution in [-0.2, 0) is 23.6 Å². The fourth-order valence-corrected chi connectivity index (χ4v) is 3.58. The molecule has 3 rings (SSSR count). The summed E-state index contributed by atoms with van der Waals surface area (Å²) < 4.78 is 7.07. The highest BCUT2D eigenvalue weighted by Crippen LogP contribution is 2.29. The summed E-state index contributed by atoms with van der Waals surface area (Å²) >= 11 is 1.10. The Labute approximate surface area is 158 Å². The minimum Gasteiger partial charge on any atom is -0.468 e. The second-order valence-corrected chi connectivity index (χ2v) is 7.24. The number of methoxy groups -OCH3 is 1. The van der Waals surface area contributed by atoms with Crippen LogP contribution < -0.4 is 11.2 Å². The van der Waals surface area contributed by atoms with Gasteiger partial charge < -0.3 is 4.74 Å². The first-order valence-corrected chi connectivity index (χ1v) is 9.00. The summed E-state index contributed by atoms with van der Waals surface area (Å²) in [5.74, 6) is -0.0689. The Morgan fingerprint density at radius 3 is 2.41 bits per heavy atom. The van der Waals surface area contributed by atoms with Gasteiger partial charge in [-0.25, -0.2) is 14.8 Å². The number of nitrogens with zero attached hydrogens (tertiary/aromatic N) is 4. The summed E-state index contributed by atoms with van der Waals surface area (Å²) in [6, 6.07) is 9.22. The number of fused-ring (bicyclic) bond motifs is 1. The van der Waals surface area contributed by atoms with Crippen LogP contribution in [0, 0.1) is 0 Å². The molecule has 0 amide bonds. The van der Waals surface area contributed by atoms with E-state index in [1.54, 1.807) is 14.0 Å². The molecule has 0 bridgehead atoms. The van der Waals surface area contributed by atoms with Crippen LogP contribution in [0.4, 0.5) is 0 Å². The molecule has 1 aromatic carbocycles. The van der Waals surface area contributed by atoms with E-state index in [0.717, 1.165) is 21.9 Å². The fourth-order valence-electron chi connectivity index (χ4n) is 2.61. The molecule has 1 atom stereocenters. The van der Waals surface area contributed by atoms with Gasteiger partial charge in [-0.15, -0.1) is 0 Å². The average Bonchev–Trinajstić information content (AvgIpc) is 2.70. The van der Waals surface area contributed by atoms with E-state index in [9.17, 15) is 14.4 Å². The maximum absolute atomic E-state index is 12.7. The highest BCUT2D eigenvalue weighted by molar-refractivity contribution is 8.00. The van der Waals surface area contributed by atoms with Crippen LogP contribution in [0.5, 0.6) is 0 Å². The Kier molecular flexibility index (Phi) is 5.13. The summed E-state index contributed by atoms with van der Waals surface area (Å²) in [4.78, 5) is 45.9. The van der Waals surface area contributed by atoms with Gasteiger partial charge >= 0.3 is 11.7 Å². The number of rotatable bonds is 4. The quantitative estimate of drug-likeness (QED) is 0.379. The summed E-state index contributed by atoms with van der Waals surface area (Å²) in [7, 11) is 4.24. The van der Waals surface area contributed by atoms with E-state index >= 15 is 0 Å². The predicted octanol–water partition coefficient (Wildman–Crippen LogP) is 1.35. The van der Waals surface area contributed by atoms with Gasteiger partial charge in [0.2, 0.25) is 0 Å². The molecule has 0 N–H and O–H groups in total. The maximum atomic E-state index is 12.7. The van der Waals surface area contributed by atoms with E-state index < -0.39 is 22.5 Å². The van der Waals surface area contributed by atoms with Crippen molar-refractivity contribution in [3.63, 3.8) is 0 Å². The minimum absolute atomic E-state index is 0.194. The monoisotopic (exact) mass is 386 g/mol. The molecule has 9 heteroatoms. The highest BCUT2D eigenvalue weighted by atomic mass is 32.2. The summed E-state index contributed by atoms with van der Waals surface area (Å²) in [6.07, 6.45) is 0. The molecule has 140 valence electrons. The van der Waals surface area contributed by atoms with E-state index in [1.807, 2.05) is 30.3 Å². The number of thioether (sulfide) groups is 1. The molecule has 0 fully saturated rings. The van der Waals surface area contributed by atoms with Crippen molar-refractivity contribution in [1.82, 2.24) is 19.1 Å². The number of benzene rings is 1. The molecule has 0 spiro atoms. The number of carbonyl (C=O) groups is 1. The van der Waals surface area contributed by atoms with Gasteiger partial charge in [0.1, 0.15) is 15.7 Å². The first-order valence-electron chi connectivity index (χ1n) is 8.12. The Morgan fingerprint density at radius 2 is 1.78 bits per heavy atom. The number of hydrogen-bond donors (Lipinski definition) is 0. The molecule has 0 aliphatic carbocycles. The Balaban J connectivity index is 2.35. The number of carbonyl (C=O) groups excluding carboxylic acids is 1. The minimum atomic E-state index is -0.585. The lowest BCUT2D eigenvalue weighted by molar-refractivity contribution is -0.139. The third kappa shape index (κ3) is 3.37. The number of aromatic nitrogens is 4. The second-order valence-electron chi connectivity index (χ2n) is 5.91. The Bertz CT molecular complexity index is 1140. The van der Waals surface area contributed by atoms with Gasteiger partial charge in [0, 0.05) is 19.7 Å². The second kappa shape index (κ2) is 7.36. The number of esters is 1. The zero-order chi connectivity index (χ0) is 19.7. The van der Waals surface area contributed by atoms with Crippen molar-refractivity contribution in [1.29, 1.82) is 0 Å². The van der Waals surface area contributed by atoms with Crippen molar-refractivity contribution in [2.75, 3.05) is 7.11 Å². The number of ether oxygens (including phenoxy) is 1. The first kappa shape index (κ1) is 18.8. The zero-order valence-electron chi connectivity index (χ0n) is 15.3. The molecule has 2 aromatic heterocycles. The van der Waals surface area contributed by atoms with E-state index in [1.165, 1.54) is 18.7 Å². The van der Waals surface area contributed by atoms with Crippen LogP contribution in [0.1, 0.15) is 6.92 Å². The summed E-state index contributed by atoms with van der Waals surface area (Å²) in [6.45, 7) is 1.67. The van der Waals surface area contributed by atoms with Crippen molar-refractivity contribution in [3.8, 4) is 11.4 Å². The van der Waals surface area contributed by atoms with Crippen LogP contribution in [0.25, 0.3) is 22.4 Å². The number of aryl methyl sites for hydroxylation is 1. The fraction of sp³-hybridized carbons (Fsp3) is 0.278. The van der Waals surface area contributed by atoms with Gasteiger partial charge in [0.15, 0.2) is 11.5 Å². The smallest absolute Gasteiger partial charge is 0.332 e. The maximum Gasteiger partial charge on any atom is 0.332 e. The molecule has 0 aliphatic heterocycles. The van der Waals surface area contributed by atoms with Gasteiger partial charge in [-0.2, -0.15) is 0 Å². The third-order valence-corrected chi connectivity index (χ3v) is 5.18. The van der Waals surface area contributed by atoms with E-state index in [2.05, 4.69) is 9.97 Å². The molecule has 27 heavy (non-hydrogen) atoms. The Morgan fingerprint density at radius 1 is 1.11 bits per heavy atom. The predicted molar refractivity (Wildman–Crippen MR) is 103 cm³/mol. The molecule has 0 unspecified atom stereocenters. The van der Waals surface area contributed by atoms with Gasteiger partial charge in [-0.1, -0.05) is 42.1 Å². The van der Waals surface area contributed by atoms with Crippen LogP contribution in [0.3, 0.4) is 0 Å². The van der Waals surface area contributed by atoms with Gasteiger partial charge in [0.25, 0.3) is 5.56 Å². The van der Waals surface area contributed by atoms with Crippen LogP contribution in [-0.4, -0.2) is 37.4 Å². The van der Waals surface area contributed by atoms with Crippen molar-refractivity contribution in [3.05, 3.63) is 51.2 Å². The molecular weight excluding hydrogens is 368 g/mol. The van der Waals surface area contributed by atoms with Gasteiger partial charge in [0.05, 0.1) is 7.11 Å².